The van der Waals surface area contributed by atoms with E-state index < -0.39 is 0 Å². The van der Waals surface area contributed by atoms with Crippen LogP contribution in [0.1, 0.15) is 24.3 Å². The second kappa shape index (κ2) is 5.65. The maximum Gasteiger partial charge on any atom is 0.120 e. The Morgan fingerprint density at radius 3 is 3.18 bits per heavy atom. The first-order chi connectivity index (χ1) is 8.29. The van der Waals surface area contributed by atoms with E-state index in [2.05, 4.69) is 17.3 Å². The van der Waals surface area contributed by atoms with Gasteiger partial charge in [0.05, 0.1) is 31.7 Å². The van der Waals surface area contributed by atoms with E-state index in [0.717, 1.165) is 17.9 Å². The lowest BCUT2D eigenvalue weighted by Gasteiger charge is -2.09. The Balaban J connectivity index is 1.84. The van der Waals surface area contributed by atoms with Gasteiger partial charge < -0.3 is 14.8 Å². The van der Waals surface area contributed by atoms with Gasteiger partial charge in [-0.15, -0.1) is 0 Å². The van der Waals surface area contributed by atoms with Crippen molar-refractivity contribution >= 4 is 0 Å². The zero-order chi connectivity index (χ0) is 12.1. The molecule has 17 heavy (non-hydrogen) atoms. The van der Waals surface area contributed by atoms with Crippen LogP contribution in [-0.4, -0.2) is 21.5 Å². The highest BCUT2D eigenvalue weighted by atomic mass is 16.3. The fraction of sp³-hybridized carbons (Fsp3) is 0.417. The molecule has 0 fully saturated rings. The zero-order valence-corrected chi connectivity index (χ0v) is 9.84. The fourth-order valence-corrected chi connectivity index (χ4v) is 1.63. The van der Waals surface area contributed by atoms with Crippen LogP contribution in [0.15, 0.2) is 35.2 Å². The minimum Gasteiger partial charge on any atom is -0.468 e. The van der Waals surface area contributed by atoms with Crippen molar-refractivity contribution in [3.05, 3.63) is 42.1 Å². The maximum atomic E-state index is 8.78. The third-order valence-electron chi connectivity index (χ3n) is 2.60. The van der Waals surface area contributed by atoms with E-state index in [1.54, 1.807) is 17.1 Å². The van der Waals surface area contributed by atoms with Crippen molar-refractivity contribution in [2.75, 3.05) is 6.61 Å². The number of aromatic nitrogens is 2. The molecule has 0 aliphatic rings. The summed E-state index contributed by atoms with van der Waals surface area (Å²) < 4.78 is 7.04. The van der Waals surface area contributed by atoms with Crippen molar-refractivity contribution in [2.45, 2.75) is 26.1 Å². The summed E-state index contributed by atoms with van der Waals surface area (Å²) in [5.41, 5.74) is 1.09. The average molecular weight is 235 g/mol. The van der Waals surface area contributed by atoms with Gasteiger partial charge in [0.1, 0.15) is 5.76 Å². The Kier molecular flexibility index (Phi) is 3.95. The van der Waals surface area contributed by atoms with Gasteiger partial charge in [-0.2, -0.15) is 5.10 Å². The molecule has 2 N–H and O–H groups in total. The molecular weight excluding hydrogens is 218 g/mol. The van der Waals surface area contributed by atoms with Crippen LogP contribution in [0.4, 0.5) is 0 Å². The monoisotopic (exact) mass is 235 g/mol. The van der Waals surface area contributed by atoms with Gasteiger partial charge in [-0.1, -0.05) is 0 Å². The molecule has 0 spiro atoms. The molecule has 92 valence electrons. The van der Waals surface area contributed by atoms with Crippen LogP contribution in [0.25, 0.3) is 0 Å². The van der Waals surface area contributed by atoms with Crippen LogP contribution >= 0.6 is 0 Å². The first kappa shape index (κ1) is 11.9. The first-order valence-electron chi connectivity index (χ1n) is 5.68. The average Bonchev–Trinajstić information content (AvgIpc) is 2.97. The molecule has 0 amide bonds. The van der Waals surface area contributed by atoms with Crippen molar-refractivity contribution in [1.82, 2.24) is 15.1 Å². The molecule has 0 saturated carbocycles. The predicted octanol–water partition coefficient (Wildman–Crippen LogP) is 1.32. The van der Waals surface area contributed by atoms with Crippen LogP contribution in [0.3, 0.4) is 0 Å². The number of hydrogen-bond acceptors (Lipinski definition) is 4. The minimum atomic E-state index is 0.108. The van der Waals surface area contributed by atoms with Crippen LogP contribution in [0.2, 0.25) is 0 Å². The summed E-state index contributed by atoms with van der Waals surface area (Å²) in [6.07, 6.45) is 5.41. The molecule has 0 saturated heterocycles. The molecule has 5 nitrogen and oxygen atoms in total. The lowest BCUT2D eigenvalue weighted by Crippen LogP contribution is -2.17. The summed E-state index contributed by atoms with van der Waals surface area (Å²) in [5, 5.41) is 16.3. The number of hydrogen-bond donors (Lipinski definition) is 2. The fourth-order valence-electron chi connectivity index (χ4n) is 1.63. The Bertz CT molecular complexity index is 436. The Labute approximate surface area is 100 Å². The van der Waals surface area contributed by atoms with Gasteiger partial charge in [-0.3, -0.25) is 4.68 Å². The number of nitrogens with one attached hydrogen (secondary N) is 1. The van der Waals surface area contributed by atoms with Crippen molar-refractivity contribution in [3.63, 3.8) is 0 Å². The second-order valence-corrected chi connectivity index (χ2v) is 3.95. The molecule has 2 heterocycles. The molecule has 2 rings (SSSR count). The molecule has 0 aliphatic carbocycles. The normalized spacial score (nSPS) is 12.8. The molecule has 0 aromatic carbocycles. The summed E-state index contributed by atoms with van der Waals surface area (Å²) in [6, 6.07) is 4.01. The van der Waals surface area contributed by atoms with Crippen LogP contribution in [0.5, 0.6) is 0 Å². The van der Waals surface area contributed by atoms with Gasteiger partial charge in [0, 0.05) is 18.3 Å². The van der Waals surface area contributed by atoms with Crippen LogP contribution < -0.4 is 5.32 Å². The van der Waals surface area contributed by atoms with Crippen molar-refractivity contribution in [1.29, 1.82) is 0 Å². The van der Waals surface area contributed by atoms with E-state index in [-0.39, 0.29) is 12.6 Å². The molecule has 0 unspecified atom stereocenters. The summed E-state index contributed by atoms with van der Waals surface area (Å²) >= 11 is 0. The van der Waals surface area contributed by atoms with Gasteiger partial charge in [0.25, 0.3) is 0 Å². The number of furan rings is 1. The smallest absolute Gasteiger partial charge is 0.120 e. The van der Waals surface area contributed by atoms with Crippen molar-refractivity contribution in [2.24, 2.45) is 0 Å². The first-order valence-corrected chi connectivity index (χ1v) is 5.68. The third kappa shape index (κ3) is 3.18. The molecule has 0 bridgehead atoms. The highest BCUT2D eigenvalue weighted by Gasteiger charge is 2.07. The maximum absolute atomic E-state index is 8.78. The van der Waals surface area contributed by atoms with Crippen molar-refractivity contribution in [3.8, 4) is 0 Å². The Morgan fingerprint density at radius 2 is 2.47 bits per heavy atom. The summed E-state index contributed by atoms with van der Waals surface area (Å²) in [7, 11) is 0. The van der Waals surface area contributed by atoms with Crippen molar-refractivity contribution < 1.29 is 9.52 Å². The van der Waals surface area contributed by atoms with Gasteiger partial charge in [0.2, 0.25) is 0 Å². The van der Waals surface area contributed by atoms with E-state index in [1.165, 1.54) is 0 Å². The quantitative estimate of drug-likeness (QED) is 0.792. The van der Waals surface area contributed by atoms with Crippen LogP contribution in [-0.2, 0) is 13.1 Å². The summed E-state index contributed by atoms with van der Waals surface area (Å²) in [6.45, 7) is 3.43. The highest BCUT2D eigenvalue weighted by molar-refractivity contribution is 5.06. The topological polar surface area (TPSA) is 63.2 Å². The van der Waals surface area contributed by atoms with E-state index in [9.17, 15) is 0 Å². The highest BCUT2D eigenvalue weighted by Crippen LogP contribution is 2.12. The van der Waals surface area contributed by atoms with E-state index in [4.69, 9.17) is 9.52 Å². The van der Waals surface area contributed by atoms with Gasteiger partial charge in [-0.05, 0) is 19.1 Å². The largest absolute Gasteiger partial charge is 0.468 e. The molecule has 2 aromatic heterocycles. The molecular formula is C12H17N3O2. The number of aliphatic hydroxyl groups is 1. The second-order valence-electron chi connectivity index (χ2n) is 3.95. The van der Waals surface area contributed by atoms with E-state index >= 15 is 0 Å². The van der Waals surface area contributed by atoms with Crippen LogP contribution in [0, 0.1) is 0 Å². The zero-order valence-electron chi connectivity index (χ0n) is 9.84. The Morgan fingerprint density at radius 1 is 1.59 bits per heavy atom. The van der Waals surface area contributed by atoms with Gasteiger partial charge >= 0.3 is 0 Å². The number of nitrogens with zero attached hydrogens (tertiary/aromatic N) is 2. The van der Waals surface area contributed by atoms with E-state index in [1.807, 2.05) is 18.3 Å². The third-order valence-corrected chi connectivity index (χ3v) is 2.60. The lowest BCUT2D eigenvalue weighted by molar-refractivity contribution is 0.269. The van der Waals surface area contributed by atoms with Gasteiger partial charge in [-0.25, -0.2) is 0 Å². The predicted molar refractivity (Wildman–Crippen MR) is 63.3 cm³/mol. The SMILES string of the molecule is C[C@@H](NCc1cnn(CCO)c1)c1ccco1. The standard InChI is InChI=1S/C12H17N3O2/c1-10(12-3-2-6-17-12)13-7-11-8-14-15(9-11)4-5-16/h2-3,6,8-10,13,16H,4-5,7H2,1H3/t10-/m1/s1. The summed E-state index contributed by atoms with van der Waals surface area (Å²) in [5.74, 6) is 0.924. The molecule has 0 aliphatic heterocycles. The Hall–Kier alpha value is -1.59. The summed E-state index contributed by atoms with van der Waals surface area (Å²) in [4.78, 5) is 0. The minimum absolute atomic E-state index is 0.108. The number of rotatable bonds is 6. The molecule has 1 atom stereocenters. The lowest BCUT2D eigenvalue weighted by atomic mass is 10.2. The van der Waals surface area contributed by atoms with Gasteiger partial charge in [0.15, 0.2) is 0 Å². The van der Waals surface area contributed by atoms with E-state index in [0.29, 0.717) is 6.54 Å². The number of aliphatic hydroxyl groups excluding tert-OH is 1. The molecule has 0 radical (unpaired) electrons. The molecule has 5 heteroatoms. The molecule has 2 aromatic rings.